The molecule has 2 heteroatoms. The number of aliphatic hydroxyl groups excluding tert-OH is 2. The predicted octanol–water partition coefficient (Wildman–Crippen LogP) is 2.21. The van der Waals surface area contributed by atoms with E-state index in [-0.39, 0.29) is 17.3 Å². The lowest BCUT2D eigenvalue weighted by atomic mass is 9.61. The Labute approximate surface area is 104 Å². The molecule has 0 unspecified atom stereocenters. The molecule has 3 rings (SSSR count). The fourth-order valence-corrected chi connectivity index (χ4v) is 5.24. The predicted molar refractivity (Wildman–Crippen MR) is 67.3 cm³/mol. The summed E-state index contributed by atoms with van der Waals surface area (Å²) in [5.74, 6) is 2.14. The van der Waals surface area contributed by atoms with Gasteiger partial charge in [0.25, 0.3) is 0 Å². The Morgan fingerprint density at radius 1 is 1.29 bits per heavy atom. The fraction of sp³-hybridized carbons (Fsp3) is 0.867. The summed E-state index contributed by atoms with van der Waals surface area (Å²) in [4.78, 5) is 0. The smallest absolute Gasteiger partial charge is 0.0870 e. The van der Waals surface area contributed by atoms with Crippen LogP contribution in [0.4, 0.5) is 0 Å². The zero-order chi connectivity index (χ0) is 12.5. The summed E-state index contributed by atoms with van der Waals surface area (Å²) in [5, 5.41) is 20.5. The van der Waals surface area contributed by atoms with Gasteiger partial charge in [0.05, 0.1) is 12.2 Å². The lowest BCUT2D eigenvalue weighted by molar-refractivity contribution is -0.0499. The van der Waals surface area contributed by atoms with E-state index < -0.39 is 12.2 Å². The lowest BCUT2D eigenvalue weighted by Gasteiger charge is -2.45. The first kappa shape index (κ1) is 11.7. The number of rotatable bonds is 1. The normalized spacial score (nSPS) is 56.9. The summed E-state index contributed by atoms with van der Waals surface area (Å²) < 4.78 is 0. The first-order valence-corrected chi connectivity index (χ1v) is 6.95. The second kappa shape index (κ2) is 3.36. The SMILES string of the molecule is C=C1[C@@H]2[C@H](O)[C@H](O)[C@H]3[C@@H]2[C@@H](C(C)C)CC[C@@]13C. The molecule has 3 fully saturated rings. The molecule has 2 nitrogen and oxygen atoms in total. The van der Waals surface area contributed by atoms with E-state index >= 15 is 0 Å². The van der Waals surface area contributed by atoms with Gasteiger partial charge in [-0.1, -0.05) is 32.9 Å². The summed E-state index contributed by atoms with van der Waals surface area (Å²) in [6.45, 7) is 11.0. The zero-order valence-electron chi connectivity index (χ0n) is 11.1. The van der Waals surface area contributed by atoms with Gasteiger partial charge in [-0.2, -0.15) is 0 Å². The highest BCUT2D eigenvalue weighted by molar-refractivity contribution is 5.33. The number of aliphatic hydroxyl groups is 2. The molecule has 0 aliphatic heterocycles. The van der Waals surface area contributed by atoms with Crippen molar-refractivity contribution in [1.29, 1.82) is 0 Å². The molecule has 4 bridgehead atoms. The van der Waals surface area contributed by atoms with Gasteiger partial charge in [-0.15, -0.1) is 0 Å². The molecule has 2 N–H and O–H groups in total. The fourth-order valence-electron chi connectivity index (χ4n) is 5.24. The van der Waals surface area contributed by atoms with E-state index in [1.54, 1.807) is 0 Å². The van der Waals surface area contributed by atoms with Crippen LogP contribution in [0.5, 0.6) is 0 Å². The van der Waals surface area contributed by atoms with Gasteiger partial charge in [-0.25, -0.2) is 0 Å². The Morgan fingerprint density at radius 2 is 1.94 bits per heavy atom. The quantitative estimate of drug-likeness (QED) is 0.685. The van der Waals surface area contributed by atoms with Crippen LogP contribution in [0.1, 0.15) is 33.6 Å². The molecule has 3 aliphatic rings. The van der Waals surface area contributed by atoms with Gasteiger partial charge >= 0.3 is 0 Å². The van der Waals surface area contributed by atoms with Crippen molar-refractivity contribution in [2.45, 2.75) is 45.8 Å². The van der Waals surface area contributed by atoms with E-state index in [2.05, 4.69) is 27.4 Å². The van der Waals surface area contributed by atoms with E-state index in [0.717, 1.165) is 6.42 Å². The van der Waals surface area contributed by atoms with Crippen LogP contribution in [0, 0.1) is 35.0 Å². The molecule has 0 aromatic heterocycles. The van der Waals surface area contributed by atoms with E-state index in [4.69, 9.17) is 0 Å². The van der Waals surface area contributed by atoms with Crippen LogP contribution in [-0.4, -0.2) is 22.4 Å². The highest BCUT2D eigenvalue weighted by Crippen LogP contribution is 2.69. The van der Waals surface area contributed by atoms with E-state index in [0.29, 0.717) is 17.8 Å². The average Bonchev–Trinajstić information content (AvgIpc) is 2.58. The highest BCUT2D eigenvalue weighted by atomic mass is 16.3. The number of hydrogen-bond donors (Lipinski definition) is 2. The molecular weight excluding hydrogens is 212 g/mol. The van der Waals surface area contributed by atoms with Crippen LogP contribution in [0.25, 0.3) is 0 Å². The Kier molecular flexibility index (Phi) is 2.32. The molecule has 0 amide bonds. The van der Waals surface area contributed by atoms with Crippen molar-refractivity contribution in [3.05, 3.63) is 12.2 Å². The molecule has 7 atom stereocenters. The summed E-state index contributed by atoms with van der Waals surface area (Å²) in [6, 6.07) is 0. The van der Waals surface area contributed by atoms with Crippen molar-refractivity contribution < 1.29 is 10.2 Å². The van der Waals surface area contributed by atoms with Crippen LogP contribution in [0.3, 0.4) is 0 Å². The summed E-state index contributed by atoms with van der Waals surface area (Å²) in [6.07, 6.45) is 1.27. The van der Waals surface area contributed by atoms with Crippen molar-refractivity contribution >= 4 is 0 Å². The maximum Gasteiger partial charge on any atom is 0.0870 e. The maximum absolute atomic E-state index is 10.3. The topological polar surface area (TPSA) is 40.5 Å². The third-order valence-electron chi connectivity index (χ3n) is 6.13. The summed E-state index contributed by atoms with van der Waals surface area (Å²) in [7, 11) is 0. The van der Waals surface area contributed by atoms with E-state index in [9.17, 15) is 10.2 Å². The van der Waals surface area contributed by atoms with Crippen molar-refractivity contribution in [2.24, 2.45) is 35.0 Å². The standard InChI is InChI=1S/C15H24O2/c1-7(2)9-5-6-15(4)8(3)10-11(9)12(15)14(17)13(10)16/h7,9-14,16-17H,3,5-6H2,1-2,4H3/t9-,10+,11-,12-,13+,14-,15+/m1/s1. The first-order valence-electron chi connectivity index (χ1n) is 6.95. The largest absolute Gasteiger partial charge is 0.390 e. The minimum Gasteiger partial charge on any atom is -0.390 e. The van der Waals surface area contributed by atoms with Gasteiger partial charge in [0.2, 0.25) is 0 Å². The molecule has 0 spiro atoms. The minimum atomic E-state index is -0.565. The number of hydrogen-bond acceptors (Lipinski definition) is 2. The van der Waals surface area contributed by atoms with Gasteiger partial charge in [-0.05, 0) is 36.0 Å². The van der Waals surface area contributed by atoms with Crippen LogP contribution in [-0.2, 0) is 0 Å². The van der Waals surface area contributed by atoms with Crippen molar-refractivity contribution in [1.82, 2.24) is 0 Å². The third-order valence-corrected chi connectivity index (χ3v) is 6.13. The molecule has 0 aromatic carbocycles. The molecule has 0 radical (unpaired) electrons. The maximum atomic E-state index is 10.3. The first-order chi connectivity index (χ1) is 7.89. The average molecular weight is 236 g/mol. The summed E-state index contributed by atoms with van der Waals surface area (Å²) >= 11 is 0. The van der Waals surface area contributed by atoms with Crippen molar-refractivity contribution in [3.63, 3.8) is 0 Å². The molecular formula is C15H24O2. The van der Waals surface area contributed by atoms with Crippen LogP contribution < -0.4 is 0 Å². The monoisotopic (exact) mass is 236 g/mol. The third kappa shape index (κ3) is 1.18. The minimum absolute atomic E-state index is 0.0827. The zero-order valence-corrected chi connectivity index (χ0v) is 11.1. The Hall–Kier alpha value is -0.340. The van der Waals surface area contributed by atoms with Crippen LogP contribution in [0.15, 0.2) is 12.2 Å². The highest BCUT2D eigenvalue weighted by Gasteiger charge is 2.68. The van der Waals surface area contributed by atoms with Gasteiger partial charge in [0.1, 0.15) is 0 Å². The molecule has 0 heterocycles. The van der Waals surface area contributed by atoms with Gasteiger partial charge in [-0.3, -0.25) is 0 Å². The summed E-state index contributed by atoms with van der Waals surface area (Å²) in [5.41, 5.74) is 1.30. The Morgan fingerprint density at radius 3 is 2.53 bits per heavy atom. The second-order valence-corrected chi connectivity index (χ2v) is 7.00. The van der Waals surface area contributed by atoms with Gasteiger partial charge in [0.15, 0.2) is 0 Å². The molecule has 0 aromatic rings. The molecule has 96 valence electrons. The molecule has 0 saturated heterocycles. The molecule has 17 heavy (non-hydrogen) atoms. The Bertz CT molecular complexity index is 362. The van der Waals surface area contributed by atoms with E-state index in [1.807, 2.05) is 0 Å². The Balaban J connectivity index is 2.06. The van der Waals surface area contributed by atoms with Gasteiger partial charge < -0.3 is 10.2 Å². The second-order valence-electron chi connectivity index (χ2n) is 7.00. The molecule has 3 saturated carbocycles. The van der Waals surface area contributed by atoms with Crippen molar-refractivity contribution in [2.75, 3.05) is 0 Å². The van der Waals surface area contributed by atoms with Crippen LogP contribution >= 0.6 is 0 Å². The van der Waals surface area contributed by atoms with Crippen LogP contribution in [0.2, 0.25) is 0 Å². The van der Waals surface area contributed by atoms with E-state index in [1.165, 1.54) is 12.0 Å². The van der Waals surface area contributed by atoms with Gasteiger partial charge in [0, 0.05) is 11.8 Å². The van der Waals surface area contributed by atoms with Crippen molar-refractivity contribution in [3.8, 4) is 0 Å². The molecule has 3 aliphatic carbocycles. The lowest BCUT2D eigenvalue weighted by Crippen LogP contribution is -2.45.